The summed E-state index contributed by atoms with van der Waals surface area (Å²) in [5, 5.41) is 0. The van der Waals surface area contributed by atoms with E-state index in [-0.39, 0.29) is 22.6 Å². The third-order valence-electron chi connectivity index (χ3n) is 5.70. The van der Waals surface area contributed by atoms with Crippen molar-refractivity contribution in [1.29, 1.82) is 0 Å². The van der Waals surface area contributed by atoms with Crippen molar-refractivity contribution in [2.45, 2.75) is 10.9 Å². The largest absolute Gasteiger partial charge is 0.495 e. The average Bonchev–Trinajstić information content (AvgIpc) is 2.82. The van der Waals surface area contributed by atoms with Crippen LogP contribution in [0.15, 0.2) is 77.7 Å². The van der Waals surface area contributed by atoms with Crippen molar-refractivity contribution in [3.63, 3.8) is 0 Å². The molecule has 1 aliphatic heterocycles. The van der Waals surface area contributed by atoms with E-state index in [0.717, 1.165) is 11.1 Å². The number of sulfonamides is 1. The summed E-state index contributed by atoms with van der Waals surface area (Å²) in [6.45, 7) is 1.51. The Labute approximate surface area is 186 Å². The third-order valence-corrected chi connectivity index (χ3v) is 7.63. The quantitative estimate of drug-likeness (QED) is 0.559. The minimum absolute atomic E-state index is 0.143. The van der Waals surface area contributed by atoms with Crippen molar-refractivity contribution in [1.82, 2.24) is 9.21 Å². The van der Waals surface area contributed by atoms with Crippen LogP contribution < -0.4 is 4.74 Å². The lowest BCUT2D eigenvalue weighted by Gasteiger charge is -2.39. The Morgan fingerprint density at radius 2 is 1.28 bits per heavy atom. The molecule has 0 bridgehead atoms. The van der Waals surface area contributed by atoms with E-state index in [1.54, 1.807) is 48.5 Å². The molecular weight excluding hydrogens is 434 g/mol. The summed E-state index contributed by atoms with van der Waals surface area (Å²) < 4.78 is 60.1. The van der Waals surface area contributed by atoms with Crippen LogP contribution in [-0.4, -0.2) is 50.9 Å². The number of hydrogen-bond acceptors (Lipinski definition) is 4. The Bertz CT molecular complexity index is 1120. The molecule has 1 aliphatic rings. The first-order chi connectivity index (χ1) is 15.4. The van der Waals surface area contributed by atoms with Gasteiger partial charge in [0.1, 0.15) is 22.3 Å². The number of ether oxygens (including phenoxy) is 1. The number of methoxy groups -OCH3 is 1. The van der Waals surface area contributed by atoms with E-state index in [1.165, 1.54) is 35.7 Å². The van der Waals surface area contributed by atoms with Gasteiger partial charge in [-0.15, -0.1) is 0 Å². The van der Waals surface area contributed by atoms with E-state index in [1.807, 2.05) is 0 Å². The number of rotatable bonds is 6. The number of halogens is 2. The van der Waals surface area contributed by atoms with Crippen LogP contribution in [0, 0.1) is 11.6 Å². The molecule has 0 unspecified atom stereocenters. The summed E-state index contributed by atoms with van der Waals surface area (Å²) in [5.74, 6) is -0.357. The number of hydrogen-bond donors (Lipinski definition) is 0. The zero-order chi connectivity index (χ0) is 22.7. The van der Waals surface area contributed by atoms with Crippen LogP contribution >= 0.6 is 0 Å². The molecule has 0 aromatic heterocycles. The molecule has 0 aliphatic carbocycles. The van der Waals surface area contributed by atoms with Gasteiger partial charge in [0.25, 0.3) is 0 Å². The van der Waals surface area contributed by atoms with Crippen LogP contribution in [0.4, 0.5) is 8.78 Å². The molecule has 0 amide bonds. The third kappa shape index (κ3) is 4.53. The smallest absolute Gasteiger partial charge is 0.246 e. The van der Waals surface area contributed by atoms with Gasteiger partial charge >= 0.3 is 0 Å². The normalized spacial score (nSPS) is 15.8. The molecule has 0 spiro atoms. The number of para-hydroxylation sites is 1. The molecule has 168 valence electrons. The first-order valence-electron chi connectivity index (χ1n) is 10.3. The fourth-order valence-electron chi connectivity index (χ4n) is 4.08. The second kappa shape index (κ2) is 9.36. The predicted molar refractivity (Wildman–Crippen MR) is 118 cm³/mol. The Morgan fingerprint density at radius 3 is 1.78 bits per heavy atom. The average molecular weight is 459 g/mol. The molecule has 3 aromatic rings. The summed E-state index contributed by atoms with van der Waals surface area (Å²) in [6, 6.07) is 18.8. The van der Waals surface area contributed by atoms with Crippen LogP contribution in [0.5, 0.6) is 5.75 Å². The van der Waals surface area contributed by atoms with Crippen LogP contribution in [0.25, 0.3) is 0 Å². The van der Waals surface area contributed by atoms with Gasteiger partial charge < -0.3 is 4.74 Å². The highest BCUT2D eigenvalue weighted by atomic mass is 32.2. The van der Waals surface area contributed by atoms with Crippen molar-refractivity contribution in [3.8, 4) is 5.75 Å². The van der Waals surface area contributed by atoms with E-state index in [0.29, 0.717) is 31.9 Å². The SMILES string of the molecule is COc1ccccc1S(=O)(=O)N1CCN(C(c2ccc(F)cc2)c2ccc(F)cc2)CC1. The highest BCUT2D eigenvalue weighted by Gasteiger charge is 2.33. The second-order valence-corrected chi connectivity index (χ2v) is 9.50. The van der Waals surface area contributed by atoms with E-state index in [2.05, 4.69) is 4.90 Å². The van der Waals surface area contributed by atoms with Gasteiger partial charge in [0, 0.05) is 26.2 Å². The summed E-state index contributed by atoms with van der Waals surface area (Å²) in [5.41, 5.74) is 1.72. The minimum Gasteiger partial charge on any atom is -0.495 e. The fraction of sp³-hybridized carbons (Fsp3) is 0.250. The molecule has 0 N–H and O–H groups in total. The molecule has 1 heterocycles. The Kier molecular flexibility index (Phi) is 6.55. The molecule has 3 aromatic carbocycles. The van der Waals surface area contributed by atoms with Gasteiger partial charge in [0.15, 0.2) is 0 Å². The zero-order valence-electron chi connectivity index (χ0n) is 17.6. The molecule has 8 heteroatoms. The highest BCUT2D eigenvalue weighted by molar-refractivity contribution is 7.89. The highest BCUT2D eigenvalue weighted by Crippen LogP contribution is 2.32. The Hall–Kier alpha value is -2.81. The fourth-order valence-corrected chi connectivity index (χ4v) is 5.66. The maximum absolute atomic E-state index is 13.5. The van der Waals surface area contributed by atoms with E-state index in [4.69, 9.17) is 4.74 Å². The van der Waals surface area contributed by atoms with Gasteiger partial charge in [-0.2, -0.15) is 4.31 Å². The van der Waals surface area contributed by atoms with Crippen LogP contribution in [0.2, 0.25) is 0 Å². The maximum Gasteiger partial charge on any atom is 0.246 e. The summed E-state index contributed by atoms with van der Waals surface area (Å²) in [4.78, 5) is 2.28. The van der Waals surface area contributed by atoms with Gasteiger partial charge in [0.2, 0.25) is 10.0 Å². The van der Waals surface area contributed by atoms with Crippen molar-refractivity contribution in [3.05, 3.63) is 95.6 Å². The standard InChI is InChI=1S/C24H24F2N2O3S/c1-31-22-4-2-3-5-23(22)32(29,30)28-16-14-27(15-17-28)24(18-6-10-20(25)11-7-18)19-8-12-21(26)13-9-19/h2-13,24H,14-17H2,1H3. The predicted octanol–water partition coefficient (Wildman–Crippen LogP) is 4.07. The first kappa shape index (κ1) is 22.4. The number of piperazine rings is 1. The van der Waals surface area contributed by atoms with Crippen molar-refractivity contribution >= 4 is 10.0 Å². The Balaban J connectivity index is 1.58. The number of benzene rings is 3. The van der Waals surface area contributed by atoms with Gasteiger partial charge in [-0.25, -0.2) is 17.2 Å². The summed E-state index contributed by atoms with van der Waals surface area (Å²) in [6.07, 6.45) is 0. The lowest BCUT2D eigenvalue weighted by atomic mass is 9.96. The van der Waals surface area contributed by atoms with E-state index in [9.17, 15) is 17.2 Å². The zero-order valence-corrected chi connectivity index (χ0v) is 18.4. The molecule has 0 atom stereocenters. The van der Waals surface area contributed by atoms with Crippen molar-refractivity contribution in [2.75, 3.05) is 33.3 Å². The molecule has 32 heavy (non-hydrogen) atoms. The molecule has 5 nitrogen and oxygen atoms in total. The summed E-state index contributed by atoms with van der Waals surface area (Å²) in [7, 11) is -2.27. The van der Waals surface area contributed by atoms with Gasteiger partial charge in [0.05, 0.1) is 13.2 Å². The maximum atomic E-state index is 13.5. The van der Waals surface area contributed by atoms with Gasteiger partial charge in [-0.1, -0.05) is 36.4 Å². The molecule has 1 saturated heterocycles. The topological polar surface area (TPSA) is 49.9 Å². The van der Waals surface area contributed by atoms with Crippen molar-refractivity contribution < 1.29 is 21.9 Å². The minimum atomic E-state index is -3.71. The van der Waals surface area contributed by atoms with Crippen LogP contribution in [-0.2, 0) is 10.0 Å². The number of nitrogens with zero attached hydrogens (tertiary/aromatic N) is 2. The Morgan fingerprint density at radius 1 is 0.781 bits per heavy atom. The first-order valence-corrected chi connectivity index (χ1v) is 11.7. The van der Waals surface area contributed by atoms with E-state index >= 15 is 0 Å². The van der Waals surface area contributed by atoms with Crippen LogP contribution in [0.1, 0.15) is 17.2 Å². The van der Waals surface area contributed by atoms with Crippen LogP contribution in [0.3, 0.4) is 0 Å². The van der Waals surface area contributed by atoms with Crippen molar-refractivity contribution in [2.24, 2.45) is 0 Å². The molecular formula is C24H24F2N2O3S. The van der Waals surface area contributed by atoms with Gasteiger partial charge in [-0.05, 0) is 47.5 Å². The second-order valence-electron chi connectivity index (χ2n) is 7.60. The summed E-state index contributed by atoms with van der Waals surface area (Å²) >= 11 is 0. The molecule has 0 saturated carbocycles. The molecule has 1 fully saturated rings. The van der Waals surface area contributed by atoms with Gasteiger partial charge in [-0.3, -0.25) is 4.90 Å². The molecule has 0 radical (unpaired) electrons. The monoisotopic (exact) mass is 458 g/mol. The lowest BCUT2D eigenvalue weighted by molar-refractivity contribution is 0.155. The lowest BCUT2D eigenvalue weighted by Crippen LogP contribution is -2.49. The molecule has 4 rings (SSSR count). The van der Waals surface area contributed by atoms with E-state index < -0.39 is 10.0 Å².